The zero-order valence-corrected chi connectivity index (χ0v) is 7.45. The highest BCUT2D eigenvalue weighted by atomic mass is 35.5. The second-order valence-corrected chi connectivity index (χ2v) is 3.37. The topological polar surface area (TPSA) is 12.9 Å². The zero-order valence-electron chi connectivity index (χ0n) is 5.88. The highest BCUT2D eigenvalue weighted by molar-refractivity contribution is 7.03. The molecule has 3 heteroatoms. The van der Waals surface area contributed by atoms with E-state index in [-0.39, 0.29) is 5.38 Å². The van der Waals surface area contributed by atoms with Crippen LogP contribution in [0.2, 0.25) is 0 Å². The van der Waals surface area contributed by atoms with Gasteiger partial charge in [-0.15, -0.1) is 11.6 Å². The average Bonchev–Trinajstić information content (AvgIpc) is 2.38. The van der Waals surface area contributed by atoms with Gasteiger partial charge in [0.15, 0.2) is 0 Å². The monoisotopic (exact) mass is 175 g/mol. The fourth-order valence-electron chi connectivity index (χ4n) is 0.785. The fourth-order valence-corrected chi connectivity index (χ4v) is 1.75. The Balaban J connectivity index is 2.50. The first kappa shape index (κ1) is 8.02. The van der Waals surface area contributed by atoms with E-state index in [9.17, 15) is 0 Å². The molecule has 1 aromatic heterocycles. The van der Waals surface area contributed by atoms with Gasteiger partial charge in [-0.1, -0.05) is 13.3 Å². The Bertz CT molecular complexity index is 174. The summed E-state index contributed by atoms with van der Waals surface area (Å²) in [7, 11) is 0. The normalized spacial score (nSPS) is 13.4. The minimum absolute atomic E-state index is 0.122. The fraction of sp³-hybridized carbons (Fsp3) is 0.571. The van der Waals surface area contributed by atoms with Crippen LogP contribution in [0.4, 0.5) is 0 Å². The molecule has 0 radical (unpaired) electrons. The van der Waals surface area contributed by atoms with Crippen molar-refractivity contribution < 1.29 is 0 Å². The average molecular weight is 176 g/mol. The maximum Gasteiger partial charge on any atom is 0.0768 e. The number of halogens is 1. The maximum atomic E-state index is 5.99. The molecule has 0 saturated carbocycles. The largest absolute Gasteiger partial charge is 0.196 e. The predicted octanol–water partition coefficient (Wildman–Crippen LogP) is 3.22. The van der Waals surface area contributed by atoms with E-state index in [4.69, 9.17) is 11.6 Å². The summed E-state index contributed by atoms with van der Waals surface area (Å²) >= 11 is 7.45. The van der Waals surface area contributed by atoms with Crippen molar-refractivity contribution in [3.8, 4) is 0 Å². The standard InChI is InChI=1S/C7H10ClNS/c1-2-3-6(8)7-4-5-10-9-7/h4-6H,2-3H2,1H3. The number of aromatic nitrogens is 1. The SMILES string of the molecule is CCCC(Cl)c1ccsn1. The zero-order chi connectivity index (χ0) is 7.40. The number of hydrogen-bond acceptors (Lipinski definition) is 2. The molecular weight excluding hydrogens is 166 g/mol. The van der Waals surface area contributed by atoms with Gasteiger partial charge in [-0.05, 0) is 24.0 Å². The highest BCUT2D eigenvalue weighted by Crippen LogP contribution is 2.24. The summed E-state index contributed by atoms with van der Waals surface area (Å²) in [6.07, 6.45) is 2.14. The summed E-state index contributed by atoms with van der Waals surface area (Å²) in [5.41, 5.74) is 1.02. The van der Waals surface area contributed by atoms with Gasteiger partial charge in [0.1, 0.15) is 0 Å². The lowest BCUT2D eigenvalue weighted by Crippen LogP contribution is -1.87. The first-order valence-electron chi connectivity index (χ1n) is 3.39. The summed E-state index contributed by atoms with van der Waals surface area (Å²) in [5.74, 6) is 0. The van der Waals surface area contributed by atoms with Crippen molar-refractivity contribution >= 4 is 23.1 Å². The van der Waals surface area contributed by atoms with E-state index in [1.807, 2.05) is 11.4 Å². The molecule has 0 aliphatic rings. The van der Waals surface area contributed by atoms with Crippen LogP contribution in [-0.4, -0.2) is 4.37 Å². The molecule has 10 heavy (non-hydrogen) atoms. The summed E-state index contributed by atoms with van der Waals surface area (Å²) in [5, 5.41) is 2.08. The smallest absolute Gasteiger partial charge is 0.0768 e. The van der Waals surface area contributed by atoms with Gasteiger partial charge in [-0.2, -0.15) is 4.37 Å². The minimum Gasteiger partial charge on any atom is -0.196 e. The minimum atomic E-state index is 0.122. The molecular formula is C7H10ClNS. The van der Waals surface area contributed by atoms with E-state index in [1.165, 1.54) is 11.5 Å². The Morgan fingerprint density at radius 3 is 3.10 bits per heavy atom. The van der Waals surface area contributed by atoms with Crippen molar-refractivity contribution in [2.75, 3.05) is 0 Å². The van der Waals surface area contributed by atoms with Gasteiger partial charge in [-0.25, -0.2) is 0 Å². The second-order valence-electron chi connectivity index (χ2n) is 2.18. The van der Waals surface area contributed by atoms with Crippen LogP contribution in [-0.2, 0) is 0 Å². The van der Waals surface area contributed by atoms with Crippen LogP contribution >= 0.6 is 23.1 Å². The van der Waals surface area contributed by atoms with E-state index in [0.29, 0.717) is 0 Å². The van der Waals surface area contributed by atoms with Gasteiger partial charge >= 0.3 is 0 Å². The van der Waals surface area contributed by atoms with Crippen LogP contribution in [0.15, 0.2) is 11.4 Å². The molecule has 0 amide bonds. The van der Waals surface area contributed by atoms with E-state index >= 15 is 0 Å². The molecule has 1 aromatic rings. The van der Waals surface area contributed by atoms with E-state index in [0.717, 1.165) is 18.5 Å². The third-order valence-electron chi connectivity index (χ3n) is 1.32. The molecule has 0 fully saturated rings. The molecule has 0 aliphatic heterocycles. The van der Waals surface area contributed by atoms with Crippen molar-refractivity contribution in [1.82, 2.24) is 4.37 Å². The molecule has 1 rings (SSSR count). The molecule has 0 saturated heterocycles. The summed E-state index contributed by atoms with van der Waals surface area (Å²) in [6, 6.07) is 1.98. The number of alkyl halides is 1. The first-order chi connectivity index (χ1) is 4.84. The molecule has 56 valence electrons. The molecule has 1 nitrogen and oxygen atoms in total. The third kappa shape index (κ3) is 1.96. The predicted molar refractivity (Wildman–Crippen MR) is 45.6 cm³/mol. The van der Waals surface area contributed by atoms with Gasteiger partial charge < -0.3 is 0 Å². The van der Waals surface area contributed by atoms with Crippen LogP contribution in [0, 0.1) is 0 Å². The van der Waals surface area contributed by atoms with Crippen molar-refractivity contribution in [3.05, 3.63) is 17.1 Å². The third-order valence-corrected chi connectivity index (χ3v) is 2.34. The maximum absolute atomic E-state index is 5.99. The van der Waals surface area contributed by atoms with Crippen LogP contribution < -0.4 is 0 Å². The van der Waals surface area contributed by atoms with Crippen molar-refractivity contribution in [1.29, 1.82) is 0 Å². The van der Waals surface area contributed by atoms with Gasteiger partial charge in [0.25, 0.3) is 0 Å². The Morgan fingerprint density at radius 1 is 1.80 bits per heavy atom. The van der Waals surface area contributed by atoms with Crippen LogP contribution in [0.1, 0.15) is 30.8 Å². The Hall–Kier alpha value is -0.0800. The molecule has 0 spiro atoms. The van der Waals surface area contributed by atoms with E-state index in [2.05, 4.69) is 11.3 Å². The quantitative estimate of drug-likeness (QED) is 0.643. The molecule has 1 heterocycles. The Morgan fingerprint density at radius 2 is 2.60 bits per heavy atom. The van der Waals surface area contributed by atoms with Gasteiger partial charge in [0.2, 0.25) is 0 Å². The molecule has 0 aliphatic carbocycles. The second kappa shape index (κ2) is 3.94. The lowest BCUT2D eigenvalue weighted by Gasteiger charge is -2.01. The molecule has 0 bridgehead atoms. The molecule has 1 atom stereocenters. The van der Waals surface area contributed by atoms with Crippen LogP contribution in [0.3, 0.4) is 0 Å². The first-order valence-corrected chi connectivity index (χ1v) is 4.66. The molecule has 1 unspecified atom stereocenters. The van der Waals surface area contributed by atoms with Gasteiger partial charge in [-0.3, -0.25) is 0 Å². The van der Waals surface area contributed by atoms with Crippen LogP contribution in [0.5, 0.6) is 0 Å². The van der Waals surface area contributed by atoms with Gasteiger partial charge in [0.05, 0.1) is 11.1 Å². The molecule has 0 aromatic carbocycles. The number of rotatable bonds is 3. The van der Waals surface area contributed by atoms with E-state index < -0.39 is 0 Å². The number of nitrogens with zero attached hydrogens (tertiary/aromatic N) is 1. The van der Waals surface area contributed by atoms with Gasteiger partial charge in [0, 0.05) is 5.38 Å². The summed E-state index contributed by atoms with van der Waals surface area (Å²) < 4.78 is 4.14. The molecule has 0 N–H and O–H groups in total. The lowest BCUT2D eigenvalue weighted by atomic mass is 10.2. The summed E-state index contributed by atoms with van der Waals surface area (Å²) in [4.78, 5) is 0. The lowest BCUT2D eigenvalue weighted by molar-refractivity contribution is 0.759. The Labute approximate surface area is 70.2 Å². The van der Waals surface area contributed by atoms with Crippen molar-refractivity contribution in [2.45, 2.75) is 25.1 Å². The van der Waals surface area contributed by atoms with E-state index in [1.54, 1.807) is 0 Å². The van der Waals surface area contributed by atoms with Crippen molar-refractivity contribution in [3.63, 3.8) is 0 Å². The highest BCUT2D eigenvalue weighted by Gasteiger charge is 2.07. The van der Waals surface area contributed by atoms with Crippen LogP contribution in [0.25, 0.3) is 0 Å². The Kier molecular flexibility index (Phi) is 3.16. The summed E-state index contributed by atoms with van der Waals surface area (Å²) in [6.45, 7) is 2.13. The van der Waals surface area contributed by atoms with Crippen molar-refractivity contribution in [2.24, 2.45) is 0 Å². The number of hydrogen-bond donors (Lipinski definition) is 0.